The molecule has 142 valence electrons. The molecule has 1 aliphatic rings. The van der Waals surface area contributed by atoms with E-state index < -0.39 is 0 Å². The topological polar surface area (TPSA) is 38.3 Å². The van der Waals surface area contributed by atoms with Crippen LogP contribution in [0.4, 0.5) is 0 Å². The molecule has 3 heteroatoms. The molecule has 1 N–H and O–H groups in total. The molecular formula is C21H41NO2. The summed E-state index contributed by atoms with van der Waals surface area (Å²) in [5, 5.41) is 3.32. The minimum atomic E-state index is -0.0542. The molecule has 0 radical (unpaired) electrons. The fourth-order valence-electron chi connectivity index (χ4n) is 3.51. The Morgan fingerprint density at radius 2 is 1.50 bits per heavy atom. The lowest BCUT2D eigenvalue weighted by atomic mass is 10.0. The largest absolute Gasteiger partial charge is 0.461 e. The van der Waals surface area contributed by atoms with Crippen LogP contribution in [0.3, 0.4) is 0 Å². The summed E-state index contributed by atoms with van der Waals surface area (Å²) < 4.78 is 5.90. The molecule has 1 atom stereocenters. The molecule has 0 aromatic heterocycles. The van der Waals surface area contributed by atoms with Crippen LogP contribution >= 0.6 is 0 Å². The third kappa shape index (κ3) is 10.3. The van der Waals surface area contributed by atoms with Crippen molar-refractivity contribution in [3.05, 3.63) is 0 Å². The normalized spacial score (nSPS) is 18.0. The first kappa shape index (κ1) is 21.5. The summed E-state index contributed by atoms with van der Waals surface area (Å²) in [5.74, 6) is 0.00168. The Bertz CT molecular complexity index is 286. The van der Waals surface area contributed by atoms with E-state index in [1.165, 1.54) is 70.6 Å². The molecule has 1 saturated heterocycles. The molecule has 1 heterocycles. The summed E-state index contributed by atoms with van der Waals surface area (Å²) in [6.07, 6.45) is 18.3. The fourth-order valence-corrected chi connectivity index (χ4v) is 3.51. The van der Waals surface area contributed by atoms with Crippen molar-refractivity contribution in [1.29, 1.82) is 0 Å². The molecule has 0 bridgehead atoms. The predicted molar refractivity (Wildman–Crippen MR) is 102 cm³/mol. The second kappa shape index (κ2) is 14.7. The molecular weight excluding hydrogens is 298 g/mol. The second-order valence-electron chi connectivity index (χ2n) is 7.47. The maximum atomic E-state index is 12.4. The van der Waals surface area contributed by atoms with E-state index in [-0.39, 0.29) is 18.1 Å². The summed E-state index contributed by atoms with van der Waals surface area (Å²) in [6, 6.07) is -0.0542. The Morgan fingerprint density at radius 1 is 0.917 bits per heavy atom. The molecule has 1 fully saturated rings. The van der Waals surface area contributed by atoms with Crippen molar-refractivity contribution in [3.63, 3.8) is 0 Å². The lowest BCUT2D eigenvalue weighted by molar-refractivity contribution is -0.153. The molecule has 0 aromatic rings. The van der Waals surface area contributed by atoms with Gasteiger partial charge in [0.25, 0.3) is 0 Å². The molecule has 0 aromatic carbocycles. The highest BCUT2D eigenvalue weighted by atomic mass is 16.5. The van der Waals surface area contributed by atoms with Gasteiger partial charge in [0.15, 0.2) is 0 Å². The number of hydrogen-bond donors (Lipinski definition) is 1. The van der Waals surface area contributed by atoms with Gasteiger partial charge in [0, 0.05) is 0 Å². The first-order chi connectivity index (χ1) is 11.8. The van der Waals surface area contributed by atoms with Gasteiger partial charge in [-0.25, -0.2) is 0 Å². The van der Waals surface area contributed by atoms with Crippen molar-refractivity contribution < 1.29 is 9.53 Å². The van der Waals surface area contributed by atoms with Crippen molar-refractivity contribution in [2.45, 2.75) is 122 Å². The molecule has 0 amide bonds. The van der Waals surface area contributed by atoms with Gasteiger partial charge in [0.05, 0.1) is 0 Å². The van der Waals surface area contributed by atoms with E-state index in [0.717, 1.165) is 32.2 Å². The lowest BCUT2D eigenvalue weighted by Crippen LogP contribution is -2.42. The number of carbonyl (C=O) groups excluding carboxylic acids is 1. The number of rotatable bonds is 14. The van der Waals surface area contributed by atoms with Crippen LogP contribution in [0.25, 0.3) is 0 Å². The van der Waals surface area contributed by atoms with E-state index in [2.05, 4.69) is 19.2 Å². The highest BCUT2D eigenvalue weighted by Crippen LogP contribution is 2.18. The van der Waals surface area contributed by atoms with Crippen molar-refractivity contribution in [1.82, 2.24) is 5.32 Å². The van der Waals surface area contributed by atoms with Crippen LogP contribution in [0.2, 0.25) is 0 Å². The molecule has 1 unspecified atom stereocenters. The van der Waals surface area contributed by atoms with Gasteiger partial charge in [-0.1, -0.05) is 71.6 Å². The highest BCUT2D eigenvalue weighted by Gasteiger charge is 2.24. The number of piperidine rings is 1. The van der Waals surface area contributed by atoms with E-state index in [1.807, 2.05) is 0 Å². The molecule has 0 saturated carbocycles. The lowest BCUT2D eigenvalue weighted by Gasteiger charge is -2.25. The number of unbranched alkanes of at least 4 members (excludes halogenated alkanes) is 8. The van der Waals surface area contributed by atoms with Crippen molar-refractivity contribution in [2.75, 3.05) is 6.54 Å². The average molecular weight is 340 g/mol. The van der Waals surface area contributed by atoms with E-state index in [1.54, 1.807) is 0 Å². The van der Waals surface area contributed by atoms with Crippen LogP contribution in [0.1, 0.15) is 110 Å². The van der Waals surface area contributed by atoms with Crippen LogP contribution < -0.4 is 5.32 Å². The minimum absolute atomic E-state index is 0.00168. The Labute approximate surface area is 150 Å². The third-order valence-corrected chi connectivity index (χ3v) is 5.14. The summed E-state index contributed by atoms with van der Waals surface area (Å²) in [6.45, 7) is 5.45. The summed E-state index contributed by atoms with van der Waals surface area (Å²) in [5.41, 5.74) is 0. The molecule has 1 aliphatic heterocycles. The number of esters is 1. The molecule has 24 heavy (non-hydrogen) atoms. The van der Waals surface area contributed by atoms with Crippen LogP contribution in [0, 0.1) is 0 Å². The van der Waals surface area contributed by atoms with E-state index in [0.29, 0.717) is 0 Å². The first-order valence-corrected chi connectivity index (χ1v) is 10.7. The maximum absolute atomic E-state index is 12.4. The van der Waals surface area contributed by atoms with Gasteiger partial charge in [-0.3, -0.25) is 4.79 Å². The number of carbonyl (C=O) groups is 1. The van der Waals surface area contributed by atoms with Crippen LogP contribution in [0.5, 0.6) is 0 Å². The van der Waals surface area contributed by atoms with Gasteiger partial charge >= 0.3 is 5.97 Å². The van der Waals surface area contributed by atoms with E-state index >= 15 is 0 Å². The van der Waals surface area contributed by atoms with Gasteiger partial charge in [0.1, 0.15) is 12.1 Å². The van der Waals surface area contributed by atoms with Crippen LogP contribution in [0.15, 0.2) is 0 Å². The monoisotopic (exact) mass is 339 g/mol. The second-order valence-corrected chi connectivity index (χ2v) is 7.47. The Morgan fingerprint density at radius 3 is 2.00 bits per heavy atom. The number of hydrogen-bond acceptors (Lipinski definition) is 3. The standard InChI is InChI=1S/C21H41NO2/c1-3-5-7-9-11-15-19(16-12-10-8-6-4-2)24-21(23)20-17-13-14-18-22-20/h19-20,22H,3-18H2,1-2H3. The zero-order valence-electron chi connectivity index (χ0n) is 16.3. The number of nitrogens with one attached hydrogen (secondary N) is 1. The van der Waals surface area contributed by atoms with Crippen molar-refractivity contribution >= 4 is 5.97 Å². The van der Waals surface area contributed by atoms with Crippen LogP contribution in [-0.4, -0.2) is 24.7 Å². The van der Waals surface area contributed by atoms with E-state index in [4.69, 9.17) is 4.74 Å². The van der Waals surface area contributed by atoms with Gasteiger partial charge < -0.3 is 10.1 Å². The van der Waals surface area contributed by atoms with Crippen LogP contribution in [-0.2, 0) is 9.53 Å². The SMILES string of the molecule is CCCCCCCC(CCCCCCC)OC(=O)C1CCCCN1. The molecule has 3 nitrogen and oxygen atoms in total. The molecule has 0 aliphatic carbocycles. The molecule has 0 spiro atoms. The summed E-state index contributed by atoms with van der Waals surface area (Å²) in [4.78, 5) is 12.4. The van der Waals surface area contributed by atoms with Gasteiger partial charge in [-0.05, 0) is 45.1 Å². The zero-order chi connectivity index (χ0) is 17.5. The van der Waals surface area contributed by atoms with Crippen molar-refractivity contribution in [2.24, 2.45) is 0 Å². The predicted octanol–water partition coefficient (Wildman–Crippen LogP) is 5.76. The fraction of sp³-hybridized carbons (Fsp3) is 0.952. The third-order valence-electron chi connectivity index (χ3n) is 5.14. The smallest absolute Gasteiger partial charge is 0.323 e. The maximum Gasteiger partial charge on any atom is 0.323 e. The Hall–Kier alpha value is -0.570. The van der Waals surface area contributed by atoms with Crippen molar-refractivity contribution in [3.8, 4) is 0 Å². The summed E-state index contributed by atoms with van der Waals surface area (Å²) in [7, 11) is 0. The van der Waals surface area contributed by atoms with Gasteiger partial charge in [0.2, 0.25) is 0 Å². The highest BCUT2D eigenvalue weighted by molar-refractivity contribution is 5.76. The van der Waals surface area contributed by atoms with Gasteiger partial charge in [-0.15, -0.1) is 0 Å². The first-order valence-electron chi connectivity index (χ1n) is 10.7. The Balaban J connectivity index is 2.29. The summed E-state index contributed by atoms with van der Waals surface area (Å²) >= 11 is 0. The minimum Gasteiger partial charge on any atom is -0.461 e. The quantitative estimate of drug-likeness (QED) is 0.323. The van der Waals surface area contributed by atoms with Gasteiger partial charge in [-0.2, -0.15) is 0 Å². The average Bonchev–Trinajstić information content (AvgIpc) is 2.61. The Kier molecular flexibility index (Phi) is 13.2. The molecule has 1 rings (SSSR count). The zero-order valence-corrected chi connectivity index (χ0v) is 16.3. The van der Waals surface area contributed by atoms with E-state index in [9.17, 15) is 4.79 Å². The number of ether oxygens (including phenoxy) is 1.